The highest BCUT2D eigenvalue weighted by molar-refractivity contribution is 7.10. The standard InChI is InChI=1S/C9H15N3O2S/c1-9(2,3)14-8(13)12-6-5-15-7(4-10)11-6/h5H,4,10H2,1-3H3,(H,12,13). The molecule has 1 aromatic heterocycles. The summed E-state index contributed by atoms with van der Waals surface area (Å²) in [6.45, 7) is 5.79. The number of ether oxygens (including phenoxy) is 1. The highest BCUT2D eigenvalue weighted by Gasteiger charge is 2.16. The Bertz CT molecular complexity index is 343. The lowest BCUT2D eigenvalue weighted by atomic mass is 10.2. The van der Waals surface area contributed by atoms with Crippen LogP contribution in [-0.4, -0.2) is 16.7 Å². The number of carbonyl (C=O) groups is 1. The van der Waals surface area contributed by atoms with Crippen LogP contribution >= 0.6 is 11.3 Å². The molecule has 1 amide bonds. The van der Waals surface area contributed by atoms with Gasteiger partial charge in [-0.05, 0) is 20.8 Å². The zero-order valence-electron chi connectivity index (χ0n) is 9.03. The normalized spacial score (nSPS) is 11.2. The SMILES string of the molecule is CC(C)(C)OC(=O)Nc1csc(CN)n1. The van der Waals surface area contributed by atoms with Gasteiger partial charge in [-0.15, -0.1) is 11.3 Å². The molecule has 0 fully saturated rings. The first-order valence-corrected chi connectivity index (χ1v) is 5.43. The number of rotatable bonds is 2. The topological polar surface area (TPSA) is 77.2 Å². The number of carbonyl (C=O) groups excluding carboxylic acids is 1. The molecule has 1 heterocycles. The quantitative estimate of drug-likeness (QED) is 0.812. The van der Waals surface area contributed by atoms with Crippen molar-refractivity contribution in [2.75, 3.05) is 5.32 Å². The van der Waals surface area contributed by atoms with Crippen LogP contribution in [0.2, 0.25) is 0 Å². The number of nitrogens with zero attached hydrogens (tertiary/aromatic N) is 1. The summed E-state index contributed by atoms with van der Waals surface area (Å²) in [5.74, 6) is 0.481. The van der Waals surface area contributed by atoms with Gasteiger partial charge in [0.05, 0.1) is 0 Å². The van der Waals surface area contributed by atoms with E-state index in [0.717, 1.165) is 5.01 Å². The lowest BCUT2D eigenvalue weighted by Crippen LogP contribution is -2.27. The molecule has 3 N–H and O–H groups in total. The molecule has 0 aliphatic rings. The van der Waals surface area contributed by atoms with E-state index >= 15 is 0 Å². The van der Waals surface area contributed by atoms with Gasteiger partial charge < -0.3 is 10.5 Å². The maximum atomic E-state index is 11.3. The fourth-order valence-electron chi connectivity index (χ4n) is 0.870. The maximum Gasteiger partial charge on any atom is 0.413 e. The molecule has 1 rings (SSSR count). The Morgan fingerprint density at radius 3 is 2.80 bits per heavy atom. The Kier molecular flexibility index (Phi) is 3.65. The van der Waals surface area contributed by atoms with Crippen LogP contribution in [-0.2, 0) is 11.3 Å². The Morgan fingerprint density at radius 1 is 1.67 bits per heavy atom. The van der Waals surface area contributed by atoms with Crippen molar-refractivity contribution in [3.05, 3.63) is 10.4 Å². The molecule has 0 spiro atoms. The first kappa shape index (κ1) is 11.9. The number of nitrogens with two attached hydrogens (primary N) is 1. The molecule has 0 aliphatic carbocycles. The minimum absolute atomic E-state index is 0.376. The summed E-state index contributed by atoms with van der Waals surface area (Å²) in [6.07, 6.45) is -0.503. The second-order valence-electron chi connectivity index (χ2n) is 3.96. The molecule has 0 aromatic carbocycles. The smallest absolute Gasteiger partial charge is 0.413 e. The lowest BCUT2D eigenvalue weighted by molar-refractivity contribution is 0.0635. The average molecular weight is 229 g/mol. The molecule has 1 aromatic rings. The Balaban J connectivity index is 2.51. The molecule has 6 heteroatoms. The van der Waals surface area contributed by atoms with E-state index in [2.05, 4.69) is 10.3 Å². The van der Waals surface area contributed by atoms with Crippen LogP contribution in [0, 0.1) is 0 Å². The largest absolute Gasteiger partial charge is 0.444 e. The summed E-state index contributed by atoms with van der Waals surface area (Å²) in [7, 11) is 0. The van der Waals surface area contributed by atoms with Gasteiger partial charge >= 0.3 is 6.09 Å². The Labute approximate surface area is 92.6 Å². The van der Waals surface area contributed by atoms with Crippen molar-refractivity contribution in [1.82, 2.24) is 4.98 Å². The van der Waals surface area contributed by atoms with E-state index in [1.165, 1.54) is 11.3 Å². The molecule has 0 saturated heterocycles. The van der Waals surface area contributed by atoms with Gasteiger partial charge in [0.15, 0.2) is 0 Å². The van der Waals surface area contributed by atoms with Crippen LogP contribution in [0.5, 0.6) is 0 Å². The number of amides is 1. The molecule has 0 atom stereocenters. The van der Waals surface area contributed by atoms with Crippen molar-refractivity contribution in [2.24, 2.45) is 5.73 Å². The number of nitrogens with one attached hydrogen (secondary N) is 1. The number of anilines is 1. The van der Waals surface area contributed by atoms with E-state index in [9.17, 15) is 4.79 Å². The molecular formula is C9H15N3O2S. The van der Waals surface area contributed by atoms with Crippen LogP contribution in [0.25, 0.3) is 0 Å². The zero-order valence-corrected chi connectivity index (χ0v) is 9.85. The van der Waals surface area contributed by atoms with E-state index in [-0.39, 0.29) is 0 Å². The van der Waals surface area contributed by atoms with Crippen molar-refractivity contribution in [3.63, 3.8) is 0 Å². The molecule has 84 valence electrons. The van der Waals surface area contributed by atoms with Gasteiger partial charge in [-0.2, -0.15) is 0 Å². The van der Waals surface area contributed by atoms with Crippen molar-refractivity contribution >= 4 is 23.2 Å². The summed E-state index contributed by atoms with van der Waals surface area (Å²) >= 11 is 1.40. The highest BCUT2D eigenvalue weighted by atomic mass is 32.1. The zero-order chi connectivity index (χ0) is 11.5. The molecule has 0 radical (unpaired) electrons. The summed E-state index contributed by atoms with van der Waals surface area (Å²) in [5.41, 5.74) is 4.90. The highest BCUT2D eigenvalue weighted by Crippen LogP contribution is 2.15. The van der Waals surface area contributed by atoms with E-state index in [0.29, 0.717) is 12.4 Å². The maximum absolute atomic E-state index is 11.3. The summed E-state index contributed by atoms with van der Waals surface area (Å²) in [4.78, 5) is 15.4. The monoisotopic (exact) mass is 229 g/mol. The first-order valence-electron chi connectivity index (χ1n) is 4.55. The molecule has 0 bridgehead atoms. The molecule has 0 unspecified atom stereocenters. The van der Waals surface area contributed by atoms with Crippen molar-refractivity contribution < 1.29 is 9.53 Å². The predicted molar refractivity (Wildman–Crippen MR) is 59.9 cm³/mol. The number of hydrogen-bond donors (Lipinski definition) is 2. The fourth-order valence-corrected chi connectivity index (χ4v) is 1.48. The number of aromatic nitrogens is 1. The molecule has 15 heavy (non-hydrogen) atoms. The van der Waals surface area contributed by atoms with Gasteiger partial charge in [-0.1, -0.05) is 0 Å². The van der Waals surface area contributed by atoms with E-state index in [4.69, 9.17) is 10.5 Å². The first-order chi connectivity index (χ1) is 6.90. The molecule has 0 aliphatic heterocycles. The minimum atomic E-state index is -0.503. The van der Waals surface area contributed by atoms with Gasteiger partial charge in [0, 0.05) is 11.9 Å². The van der Waals surface area contributed by atoms with E-state index < -0.39 is 11.7 Å². The van der Waals surface area contributed by atoms with Crippen molar-refractivity contribution in [3.8, 4) is 0 Å². The van der Waals surface area contributed by atoms with E-state index in [1.54, 1.807) is 26.2 Å². The van der Waals surface area contributed by atoms with Crippen molar-refractivity contribution in [1.29, 1.82) is 0 Å². The van der Waals surface area contributed by atoms with E-state index in [1.807, 2.05) is 0 Å². The van der Waals surface area contributed by atoms with Crippen molar-refractivity contribution in [2.45, 2.75) is 32.9 Å². The Hall–Kier alpha value is -1.14. The van der Waals surface area contributed by atoms with Crippen LogP contribution < -0.4 is 11.1 Å². The van der Waals surface area contributed by atoms with Gasteiger partial charge in [0.25, 0.3) is 0 Å². The molecular weight excluding hydrogens is 214 g/mol. The molecule has 0 saturated carbocycles. The second kappa shape index (κ2) is 4.59. The average Bonchev–Trinajstić information content (AvgIpc) is 2.48. The fraction of sp³-hybridized carbons (Fsp3) is 0.556. The van der Waals surface area contributed by atoms with Gasteiger partial charge in [0.1, 0.15) is 16.4 Å². The van der Waals surface area contributed by atoms with Crippen LogP contribution in [0.4, 0.5) is 10.6 Å². The van der Waals surface area contributed by atoms with Gasteiger partial charge in [-0.25, -0.2) is 9.78 Å². The third kappa shape index (κ3) is 4.26. The summed E-state index contributed by atoms with van der Waals surface area (Å²) < 4.78 is 5.07. The lowest BCUT2D eigenvalue weighted by Gasteiger charge is -2.19. The predicted octanol–water partition coefficient (Wildman–Crippen LogP) is 1.95. The number of hydrogen-bond acceptors (Lipinski definition) is 5. The van der Waals surface area contributed by atoms with Crippen LogP contribution in [0.3, 0.4) is 0 Å². The van der Waals surface area contributed by atoms with Gasteiger partial charge in [0.2, 0.25) is 0 Å². The minimum Gasteiger partial charge on any atom is -0.444 e. The van der Waals surface area contributed by atoms with Gasteiger partial charge in [-0.3, -0.25) is 5.32 Å². The van der Waals surface area contributed by atoms with Crippen LogP contribution in [0.15, 0.2) is 5.38 Å². The third-order valence-electron chi connectivity index (χ3n) is 1.36. The summed E-state index contributed by atoms with van der Waals surface area (Å²) in [5, 5.41) is 5.04. The third-order valence-corrected chi connectivity index (χ3v) is 2.23. The molecule has 5 nitrogen and oxygen atoms in total. The Morgan fingerprint density at radius 2 is 2.33 bits per heavy atom. The summed E-state index contributed by atoms with van der Waals surface area (Å²) in [6, 6.07) is 0. The van der Waals surface area contributed by atoms with Crippen LogP contribution in [0.1, 0.15) is 25.8 Å². The number of thiazole rings is 1. The second-order valence-corrected chi connectivity index (χ2v) is 4.90.